The van der Waals surface area contributed by atoms with Crippen LogP contribution in [-0.4, -0.2) is 11.7 Å². The lowest BCUT2D eigenvalue weighted by atomic mass is 9.76. The first-order chi connectivity index (χ1) is 6.56. The molecule has 0 saturated heterocycles. The molecule has 1 nitrogen and oxygen atoms in total. The lowest BCUT2D eigenvalue weighted by Crippen LogP contribution is -2.19. The Morgan fingerprint density at radius 3 is 2.79 bits per heavy atom. The Labute approximate surface area is 87.5 Å². The van der Waals surface area contributed by atoms with Gasteiger partial charge in [-0.05, 0) is 37.5 Å². The molecule has 0 aliphatic heterocycles. The number of aliphatic hydroxyl groups excluding tert-OH is 1. The molecule has 0 unspecified atom stereocenters. The summed E-state index contributed by atoms with van der Waals surface area (Å²) in [5.41, 5.74) is 1.79. The predicted molar refractivity (Wildman–Crippen MR) is 61.1 cm³/mol. The van der Waals surface area contributed by atoms with E-state index in [0.29, 0.717) is 0 Å². The monoisotopic (exact) mass is 194 g/mol. The van der Waals surface area contributed by atoms with Crippen LogP contribution in [0.25, 0.3) is 0 Å². The Hall–Kier alpha value is -0.560. The first kappa shape index (κ1) is 11.5. The molecule has 0 saturated carbocycles. The van der Waals surface area contributed by atoms with E-state index < -0.39 is 0 Å². The van der Waals surface area contributed by atoms with Crippen LogP contribution in [0.1, 0.15) is 40.0 Å². The molecule has 0 heterocycles. The van der Waals surface area contributed by atoms with Crippen molar-refractivity contribution in [3.05, 3.63) is 23.8 Å². The van der Waals surface area contributed by atoms with Crippen LogP contribution in [0, 0.1) is 11.3 Å². The van der Waals surface area contributed by atoms with Gasteiger partial charge >= 0.3 is 0 Å². The quantitative estimate of drug-likeness (QED) is 0.681. The van der Waals surface area contributed by atoms with E-state index in [9.17, 15) is 0 Å². The van der Waals surface area contributed by atoms with Crippen LogP contribution >= 0.6 is 0 Å². The minimum absolute atomic E-state index is 0.258. The van der Waals surface area contributed by atoms with Gasteiger partial charge in [-0.25, -0.2) is 0 Å². The lowest BCUT2D eigenvalue weighted by Gasteiger charge is -2.28. The van der Waals surface area contributed by atoms with Gasteiger partial charge in [0.15, 0.2) is 0 Å². The van der Waals surface area contributed by atoms with Crippen molar-refractivity contribution in [3.63, 3.8) is 0 Å². The smallest absolute Gasteiger partial charge is 0.0465 e. The third-order valence-electron chi connectivity index (χ3n) is 3.21. The van der Waals surface area contributed by atoms with E-state index in [2.05, 4.69) is 39.0 Å². The zero-order valence-electron chi connectivity index (χ0n) is 9.59. The number of aliphatic hydroxyl groups is 1. The van der Waals surface area contributed by atoms with Gasteiger partial charge in [0, 0.05) is 6.61 Å². The fraction of sp³-hybridized carbons (Fsp3) is 0.692. The molecule has 1 aliphatic carbocycles. The van der Waals surface area contributed by atoms with Gasteiger partial charge in [0.05, 0.1) is 0 Å². The maximum atomic E-state index is 8.71. The second-order valence-corrected chi connectivity index (χ2v) is 4.92. The molecule has 0 amide bonds. The van der Waals surface area contributed by atoms with E-state index in [4.69, 9.17) is 5.11 Å². The molecule has 0 radical (unpaired) electrons. The van der Waals surface area contributed by atoms with Crippen LogP contribution in [0.3, 0.4) is 0 Å². The van der Waals surface area contributed by atoms with Crippen molar-refractivity contribution >= 4 is 0 Å². The average molecular weight is 194 g/mol. The summed E-state index contributed by atoms with van der Waals surface area (Å²) in [6.07, 6.45) is 9.95. The molecule has 1 aliphatic rings. The molecule has 0 aromatic heterocycles. The van der Waals surface area contributed by atoms with Crippen molar-refractivity contribution in [1.82, 2.24) is 0 Å². The molecular weight excluding hydrogens is 172 g/mol. The molecular formula is C13H22O. The van der Waals surface area contributed by atoms with Gasteiger partial charge in [-0.15, -0.1) is 0 Å². The van der Waals surface area contributed by atoms with Gasteiger partial charge in [-0.3, -0.25) is 0 Å². The summed E-state index contributed by atoms with van der Waals surface area (Å²) in [4.78, 5) is 0. The van der Waals surface area contributed by atoms with E-state index >= 15 is 0 Å². The normalized spacial score (nSPS) is 23.1. The standard InChI is InChI=1S/C13H22O/c1-11-6-7-12(10-11)13(2,3)8-4-5-9-14/h4,6,8,12,14H,5,7,9-10H2,1-3H3/b8-4-/t12-/m1/s1. The first-order valence-corrected chi connectivity index (χ1v) is 5.50. The van der Waals surface area contributed by atoms with Crippen molar-refractivity contribution < 1.29 is 5.11 Å². The Balaban J connectivity index is 2.49. The molecule has 0 aromatic rings. The highest BCUT2D eigenvalue weighted by Crippen LogP contribution is 2.39. The van der Waals surface area contributed by atoms with E-state index in [-0.39, 0.29) is 12.0 Å². The summed E-state index contributed by atoms with van der Waals surface area (Å²) in [5, 5.41) is 8.71. The number of allylic oxidation sites excluding steroid dienone is 3. The highest BCUT2D eigenvalue weighted by molar-refractivity contribution is 5.12. The maximum absolute atomic E-state index is 8.71. The van der Waals surface area contributed by atoms with Crippen LogP contribution < -0.4 is 0 Å². The largest absolute Gasteiger partial charge is 0.396 e. The van der Waals surface area contributed by atoms with E-state index in [1.165, 1.54) is 18.4 Å². The second kappa shape index (κ2) is 4.79. The molecule has 1 rings (SSSR count). The summed E-state index contributed by atoms with van der Waals surface area (Å²) in [6.45, 7) is 7.05. The van der Waals surface area contributed by atoms with E-state index in [1.54, 1.807) is 0 Å². The topological polar surface area (TPSA) is 20.2 Å². The highest BCUT2D eigenvalue weighted by Gasteiger charge is 2.28. The molecule has 80 valence electrons. The van der Waals surface area contributed by atoms with Crippen molar-refractivity contribution in [1.29, 1.82) is 0 Å². The SMILES string of the molecule is CC1=CC[C@@H](C(C)(C)/C=C\CCO)C1. The summed E-state index contributed by atoms with van der Waals surface area (Å²) < 4.78 is 0. The number of hydrogen-bond donors (Lipinski definition) is 1. The van der Waals surface area contributed by atoms with Crippen LogP contribution in [0.15, 0.2) is 23.8 Å². The zero-order chi connectivity index (χ0) is 10.6. The van der Waals surface area contributed by atoms with Crippen molar-refractivity contribution in [2.24, 2.45) is 11.3 Å². The Morgan fingerprint density at radius 1 is 1.57 bits per heavy atom. The minimum Gasteiger partial charge on any atom is -0.396 e. The number of rotatable bonds is 4. The summed E-state index contributed by atoms with van der Waals surface area (Å²) in [7, 11) is 0. The summed E-state index contributed by atoms with van der Waals surface area (Å²) in [6, 6.07) is 0. The van der Waals surface area contributed by atoms with Crippen molar-refractivity contribution in [2.45, 2.75) is 40.0 Å². The average Bonchev–Trinajstić information content (AvgIpc) is 2.53. The molecule has 0 aromatic carbocycles. The highest BCUT2D eigenvalue weighted by atomic mass is 16.2. The zero-order valence-corrected chi connectivity index (χ0v) is 9.59. The molecule has 1 atom stereocenters. The van der Waals surface area contributed by atoms with E-state index in [0.717, 1.165) is 12.3 Å². The van der Waals surface area contributed by atoms with E-state index in [1.807, 2.05) is 0 Å². The van der Waals surface area contributed by atoms with Crippen molar-refractivity contribution in [3.8, 4) is 0 Å². The molecule has 1 N–H and O–H groups in total. The third-order valence-corrected chi connectivity index (χ3v) is 3.21. The van der Waals surface area contributed by atoms with Gasteiger partial charge in [-0.1, -0.05) is 37.6 Å². The molecule has 14 heavy (non-hydrogen) atoms. The summed E-state index contributed by atoms with van der Waals surface area (Å²) in [5.74, 6) is 0.748. The maximum Gasteiger partial charge on any atom is 0.0465 e. The van der Waals surface area contributed by atoms with Crippen molar-refractivity contribution in [2.75, 3.05) is 6.61 Å². The van der Waals surface area contributed by atoms with Crippen LogP contribution in [-0.2, 0) is 0 Å². The van der Waals surface area contributed by atoms with Crippen LogP contribution in [0.4, 0.5) is 0 Å². The third kappa shape index (κ3) is 2.98. The van der Waals surface area contributed by atoms with Gasteiger partial charge in [0.2, 0.25) is 0 Å². The van der Waals surface area contributed by atoms with Gasteiger partial charge in [0.1, 0.15) is 0 Å². The number of hydrogen-bond acceptors (Lipinski definition) is 1. The van der Waals surface area contributed by atoms with Crippen LogP contribution in [0.2, 0.25) is 0 Å². The first-order valence-electron chi connectivity index (χ1n) is 5.50. The van der Waals surface area contributed by atoms with Gasteiger partial charge in [-0.2, -0.15) is 0 Å². The Bertz CT molecular complexity index is 236. The second-order valence-electron chi connectivity index (χ2n) is 4.92. The predicted octanol–water partition coefficient (Wildman–Crippen LogP) is 3.31. The Kier molecular flexibility index (Phi) is 3.94. The lowest BCUT2D eigenvalue weighted by molar-refractivity contribution is 0.288. The minimum atomic E-state index is 0.258. The van der Waals surface area contributed by atoms with Gasteiger partial charge < -0.3 is 5.11 Å². The fourth-order valence-electron chi connectivity index (χ4n) is 2.06. The molecule has 0 fully saturated rings. The fourth-order valence-corrected chi connectivity index (χ4v) is 2.06. The summed E-state index contributed by atoms with van der Waals surface area (Å²) >= 11 is 0. The molecule has 0 spiro atoms. The Morgan fingerprint density at radius 2 is 2.29 bits per heavy atom. The molecule has 0 bridgehead atoms. The molecule has 1 heteroatoms. The van der Waals surface area contributed by atoms with Crippen LogP contribution in [0.5, 0.6) is 0 Å². The van der Waals surface area contributed by atoms with Gasteiger partial charge in [0.25, 0.3) is 0 Å².